The number of nitrogens with one attached hydrogen (secondary N) is 1. The van der Waals surface area contributed by atoms with Crippen LogP contribution in [0.2, 0.25) is 0 Å². The van der Waals surface area contributed by atoms with E-state index >= 15 is 0 Å². The fourth-order valence-electron chi connectivity index (χ4n) is 1.66. The minimum absolute atomic E-state index is 0.119. The van der Waals surface area contributed by atoms with Crippen molar-refractivity contribution in [1.29, 1.82) is 0 Å². The van der Waals surface area contributed by atoms with E-state index in [9.17, 15) is 4.79 Å². The SMILES string of the molecule is CC(C)OC(=O)C1=C2NC=CC=C2C=CC=C1. The van der Waals surface area contributed by atoms with Gasteiger partial charge >= 0.3 is 5.97 Å². The number of dihydropyridines is 1. The van der Waals surface area contributed by atoms with E-state index in [1.807, 2.05) is 44.2 Å². The van der Waals surface area contributed by atoms with E-state index in [1.54, 1.807) is 12.3 Å². The van der Waals surface area contributed by atoms with Crippen molar-refractivity contribution >= 4 is 5.97 Å². The standard InChI is InChI=1S/C14H15NO2/c1-10(2)17-14(16)12-8-4-3-6-11-7-5-9-15-13(11)12/h3-10,15H,1-2H3. The Morgan fingerprint density at radius 3 is 2.76 bits per heavy atom. The highest BCUT2D eigenvalue weighted by Gasteiger charge is 2.19. The molecule has 3 heteroatoms. The highest BCUT2D eigenvalue weighted by molar-refractivity contribution is 5.94. The largest absolute Gasteiger partial charge is 0.459 e. The molecule has 0 aromatic carbocycles. The van der Waals surface area contributed by atoms with Gasteiger partial charge in [0.25, 0.3) is 0 Å². The molecule has 1 aliphatic heterocycles. The second-order valence-electron chi connectivity index (χ2n) is 4.09. The molecule has 0 aromatic heterocycles. The maximum absolute atomic E-state index is 12.0. The van der Waals surface area contributed by atoms with Crippen molar-refractivity contribution in [2.75, 3.05) is 0 Å². The van der Waals surface area contributed by atoms with E-state index in [1.165, 1.54) is 0 Å². The molecule has 88 valence electrons. The van der Waals surface area contributed by atoms with Crippen molar-refractivity contribution in [2.45, 2.75) is 20.0 Å². The zero-order chi connectivity index (χ0) is 12.3. The molecule has 0 saturated heterocycles. The Labute approximate surface area is 101 Å². The Balaban J connectivity index is 2.37. The minimum atomic E-state index is -0.302. The summed E-state index contributed by atoms with van der Waals surface area (Å²) in [6.07, 6.45) is 13.0. The number of rotatable bonds is 2. The van der Waals surface area contributed by atoms with Crippen LogP contribution < -0.4 is 5.32 Å². The summed E-state index contributed by atoms with van der Waals surface area (Å²) in [5.74, 6) is -0.302. The number of fused-ring (bicyclic) bond motifs is 1. The van der Waals surface area contributed by atoms with Crippen LogP contribution in [0.5, 0.6) is 0 Å². The predicted molar refractivity (Wildman–Crippen MR) is 66.9 cm³/mol. The van der Waals surface area contributed by atoms with Gasteiger partial charge in [-0.1, -0.05) is 24.3 Å². The molecule has 2 aliphatic rings. The number of hydrogen-bond donors (Lipinski definition) is 1. The van der Waals surface area contributed by atoms with Crippen LogP contribution in [0.1, 0.15) is 13.8 Å². The number of ether oxygens (including phenoxy) is 1. The molecule has 0 radical (unpaired) electrons. The average molecular weight is 229 g/mol. The Morgan fingerprint density at radius 1 is 1.24 bits per heavy atom. The summed E-state index contributed by atoms with van der Waals surface area (Å²) in [4.78, 5) is 12.0. The molecular weight excluding hydrogens is 214 g/mol. The lowest BCUT2D eigenvalue weighted by atomic mass is 10.1. The van der Waals surface area contributed by atoms with Gasteiger partial charge in [-0.25, -0.2) is 4.79 Å². The van der Waals surface area contributed by atoms with Crippen LogP contribution in [0.15, 0.2) is 59.5 Å². The first-order chi connectivity index (χ1) is 8.18. The predicted octanol–water partition coefficient (Wildman–Crippen LogP) is 2.36. The molecule has 2 rings (SSSR count). The quantitative estimate of drug-likeness (QED) is 0.739. The molecule has 0 amide bonds. The number of carbonyl (C=O) groups excluding carboxylic acids is 1. The minimum Gasteiger partial charge on any atom is -0.459 e. The summed E-state index contributed by atoms with van der Waals surface area (Å²) in [6.45, 7) is 3.68. The van der Waals surface area contributed by atoms with E-state index in [0.29, 0.717) is 5.57 Å². The van der Waals surface area contributed by atoms with Crippen LogP contribution in [-0.2, 0) is 9.53 Å². The topological polar surface area (TPSA) is 38.3 Å². The Kier molecular flexibility index (Phi) is 3.28. The van der Waals surface area contributed by atoms with E-state index in [2.05, 4.69) is 5.32 Å². The van der Waals surface area contributed by atoms with Gasteiger partial charge in [-0.05, 0) is 31.6 Å². The molecule has 0 bridgehead atoms. The van der Waals surface area contributed by atoms with Gasteiger partial charge in [-0.2, -0.15) is 0 Å². The fourth-order valence-corrected chi connectivity index (χ4v) is 1.66. The molecule has 0 atom stereocenters. The highest BCUT2D eigenvalue weighted by atomic mass is 16.5. The first-order valence-electron chi connectivity index (χ1n) is 5.62. The Morgan fingerprint density at radius 2 is 2.00 bits per heavy atom. The van der Waals surface area contributed by atoms with Crippen molar-refractivity contribution in [2.24, 2.45) is 0 Å². The summed E-state index contributed by atoms with van der Waals surface area (Å²) < 4.78 is 5.23. The van der Waals surface area contributed by atoms with Crippen LogP contribution in [0.3, 0.4) is 0 Å². The fraction of sp³-hybridized carbons (Fsp3) is 0.214. The van der Waals surface area contributed by atoms with Gasteiger partial charge in [-0.15, -0.1) is 0 Å². The van der Waals surface area contributed by atoms with Gasteiger partial charge in [0.1, 0.15) is 0 Å². The molecule has 0 spiro atoms. The van der Waals surface area contributed by atoms with Crippen molar-refractivity contribution in [1.82, 2.24) is 5.32 Å². The second kappa shape index (κ2) is 4.87. The second-order valence-corrected chi connectivity index (χ2v) is 4.09. The van der Waals surface area contributed by atoms with E-state index < -0.39 is 0 Å². The molecule has 0 saturated carbocycles. The van der Waals surface area contributed by atoms with Crippen LogP contribution in [0.4, 0.5) is 0 Å². The van der Waals surface area contributed by atoms with Gasteiger partial charge in [-0.3, -0.25) is 0 Å². The molecule has 1 heterocycles. The van der Waals surface area contributed by atoms with Crippen molar-refractivity contribution in [3.05, 3.63) is 59.5 Å². The number of carbonyl (C=O) groups is 1. The van der Waals surface area contributed by atoms with Crippen LogP contribution in [0.25, 0.3) is 0 Å². The van der Waals surface area contributed by atoms with Crippen molar-refractivity contribution < 1.29 is 9.53 Å². The molecule has 17 heavy (non-hydrogen) atoms. The summed E-state index contributed by atoms with van der Waals surface area (Å²) in [7, 11) is 0. The summed E-state index contributed by atoms with van der Waals surface area (Å²) in [6, 6.07) is 0. The third kappa shape index (κ3) is 2.56. The van der Waals surface area contributed by atoms with Crippen LogP contribution in [0, 0.1) is 0 Å². The molecule has 0 fully saturated rings. The van der Waals surface area contributed by atoms with E-state index in [4.69, 9.17) is 4.74 Å². The highest BCUT2D eigenvalue weighted by Crippen LogP contribution is 2.21. The lowest BCUT2D eigenvalue weighted by Crippen LogP contribution is -2.19. The van der Waals surface area contributed by atoms with Crippen molar-refractivity contribution in [3.8, 4) is 0 Å². The maximum atomic E-state index is 12.0. The van der Waals surface area contributed by atoms with Crippen LogP contribution in [-0.4, -0.2) is 12.1 Å². The first kappa shape index (κ1) is 11.5. The number of esters is 1. The average Bonchev–Trinajstić information content (AvgIpc) is 2.50. The van der Waals surface area contributed by atoms with Crippen molar-refractivity contribution in [3.63, 3.8) is 0 Å². The first-order valence-corrected chi connectivity index (χ1v) is 5.62. The Bertz CT molecular complexity index is 476. The molecule has 1 N–H and O–H groups in total. The molecule has 1 aliphatic carbocycles. The number of hydrogen-bond acceptors (Lipinski definition) is 3. The monoisotopic (exact) mass is 229 g/mol. The zero-order valence-corrected chi connectivity index (χ0v) is 9.94. The molecule has 0 unspecified atom stereocenters. The van der Waals surface area contributed by atoms with Crippen LogP contribution >= 0.6 is 0 Å². The maximum Gasteiger partial charge on any atom is 0.340 e. The van der Waals surface area contributed by atoms with E-state index in [-0.39, 0.29) is 12.1 Å². The number of allylic oxidation sites excluding steroid dienone is 5. The summed E-state index contributed by atoms with van der Waals surface area (Å²) >= 11 is 0. The van der Waals surface area contributed by atoms with Gasteiger partial charge in [0.05, 0.1) is 17.4 Å². The van der Waals surface area contributed by atoms with Gasteiger partial charge in [0.15, 0.2) is 0 Å². The normalized spacial score (nSPS) is 17.5. The molecule has 0 aromatic rings. The summed E-state index contributed by atoms with van der Waals surface area (Å²) in [5, 5.41) is 3.09. The third-order valence-corrected chi connectivity index (χ3v) is 2.37. The lowest BCUT2D eigenvalue weighted by Gasteiger charge is -2.16. The lowest BCUT2D eigenvalue weighted by molar-refractivity contribution is -0.142. The Hall–Kier alpha value is -2.03. The zero-order valence-electron chi connectivity index (χ0n) is 9.94. The third-order valence-electron chi connectivity index (χ3n) is 2.37. The molecule has 3 nitrogen and oxygen atoms in total. The van der Waals surface area contributed by atoms with E-state index in [0.717, 1.165) is 11.3 Å². The van der Waals surface area contributed by atoms with Gasteiger partial charge in [0.2, 0.25) is 0 Å². The summed E-state index contributed by atoms with van der Waals surface area (Å²) in [5.41, 5.74) is 2.33. The smallest absolute Gasteiger partial charge is 0.340 e. The van der Waals surface area contributed by atoms with Gasteiger partial charge in [0, 0.05) is 6.20 Å². The van der Waals surface area contributed by atoms with Gasteiger partial charge < -0.3 is 10.1 Å². The molecular formula is C14H15NO2.